The maximum atomic E-state index is 13.8. The lowest BCUT2D eigenvalue weighted by Crippen LogP contribution is -2.52. The SMILES string of the molecule is C#Cc1cc(C[C@@H](OC(=O)N2CCC(N3CCc4ccccc4NC3=O)CC2)C(=O)N2CCC(N(C)C)CC2)cc(Cl)c1N. The van der Waals surface area contributed by atoms with E-state index in [0.717, 1.165) is 30.5 Å². The first-order valence-corrected chi connectivity index (χ1v) is 15.6. The van der Waals surface area contributed by atoms with Crippen LogP contribution in [0.5, 0.6) is 0 Å². The Balaban J connectivity index is 1.24. The van der Waals surface area contributed by atoms with E-state index >= 15 is 0 Å². The second-order valence-corrected chi connectivity index (χ2v) is 12.4. The highest BCUT2D eigenvalue weighted by Crippen LogP contribution is 2.28. The first-order chi connectivity index (χ1) is 21.1. The average Bonchev–Trinajstić information content (AvgIpc) is 3.20. The van der Waals surface area contributed by atoms with Gasteiger partial charge in [-0.15, -0.1) is 6.42 Å². The number of fused-ring (bicyclic) bond motifs is 1. The number of carbonyl (C=O) groups is 3. The van der Waals surface area contributed by atoms with Crippen molar-refractivity contribution in [1.29, 1.82) is 0 Å². The van der Waals surface area contributed by atoms with Crippen molar-refractivity contribution < 1.29 is 19.1 Å². The molecular formula is C33H41ClN6O4. The zero-order valence-corrected chi connectivity index (χ0v) is 26.2. The number of nitrogens with one attached hydrogen (secondary N) is 1. The summed E-state index contributed by atoms with van der Waals surface area (Å²) in [5, 5.41) is 3.32. The van der Waals surface area contributed by atoms with E-state index in [1.807, 2.05) is 43.3 Å². The Morgan fingerprint density at radius 2 is 1.77 bits per heavy atom. The van der Waals surface area contributed by atoms with E-state index < -0.39 is 12.2 Å². The number of nitrogens with two attached hydrogens (primary N) is 1. The van der Waals surface area contributed by atoms with Gasteiger partial charge >= 0.3 is 12.1 Å². The van der Waals surface area contributed by atoms with Crippen molar-refractivity contribution in [3.8, 4) is 12.3 Å². The van der Waals surface area contributed by atoms with E-state index in [9.17, 15) is 14.4 Å². The molecule has 0 bridgehead atoms. The van der Waals surface area contributed by atoms with Gasteiger partial charge in [0, 0.05) is 62.5 Å². The first-order valence-electron chi connectivity index (χ1n) is 15.3. The van der Waals surface area contributed by atoms with Gasteiger partial charge in [-0.05, 0) is 75.5 Å². The molecule has 2 saturated heterocycles. The number of likely N-dealkylation sites (tertiary alicyclic amines) is 2. The number of hydrogen-bond acceptors (Lipinski definition) is 6. The number of hydrogen-bond donors (Lipinski definition) is 2. The smallest absolute Gasteiger partial charge is 0.410 e. The summed E-state index contributed by atoms with van der Waals surface area (Å²) in [7, 11) is 4.09. The molecule has 2 fully saturated rings. The van der Waals surface area contributed by atoms with Crippen LogP contribution >= 0.6 is 11.6 Å². The Hall–Kier alpha value is -3.94. The van der Waals surface area contributed by atoms with Gasteiger partial charge in [0.25, 0.3) is 5.91 Å². The Labute approximate surface area is 264 Å². The number of ether oxygens (including phenoxy) is 1. The summed E-state index contributed by atoms with van der Waals surface area (Å²) in [6.45, 7) is 2.62. The number of benzene rings is 2. The third-order valence-electron chi connectivity index (χ3n) is 9.10. The molecule has 0 radical (unpaired) electrons. The Kier molecular flexibility index (Phi) is 9.87. The fourth-order valence-corrected chi connectivity index (χ4v) is 6.65. The van der Waals surface area contributed by atoms with Crippen LogP contribution in [0.3, 0.4) is 0 Å². The van der Waals surface area contributed by atoms with Crippen LogP contribution in [0.4, 0.5) is 21.0 Å². The maximum absolute atomic E-state index is 13.8. The van der Waals surface area contributed by atoms with Gasteiger partial charge in [0.15, 0.2) is 6.10 Å². The number of nitrogen functional groups attached to an aromatic ring is 1. The molecule has 1 atom stereocenters. The van der Waals surface area contributed by atoms with E-state index in [2.05, 4.69) is 16.1 Å². The molecule has 2 aromatic rings. The lowest BCUT2D eigenvalue weighted by Gasteiger charge is -2.38. The molecule has 0 aliphatic carbocycles. The van der Waals surface area contributed by atoms with E-state index in [4.69, 9.17) is 28.5 Å². The van der Waals surface area contributed by atoms with Gasteiger partial charge in [0.05, 0.1) is 10.7 Å². The highest BCUT2D eigenvalue weighted by Gasteiger charge is 2.35. The molecule has 3 heterocycles. The Morgan fingerprint density at radius 3 is 2.45 bits per heavy atom. The van der Waals surface area contributed by atoms with Crippen molar-refractivity contribution in [2.75, 3.05) is 57.9 Å². The van der Waals surface area contributed by atoms with Crippen LogP contribution in [-0.2, 0) is 22.4 Å². The van der Waals surface area contributed by atoms with Crippen LogP contribution in [0, 0.1) is 12.3 Å². The monoisotopic (exact) mass is 620 g/mol. The third kappa shape index (κ3) is 7.06. The maximum Gasteiger partial charge on any atom is 0.410 e. The van der Waals surface area contributed by atoms with Gasteiger partial charge in [0.2, 0.25) is 0 Å². The van der Waals surface area contributed by atoms with Crippen molar-refractivity contribution in [2.45, 2.75) is 56.7 Å². The predicted octanol–water partition coefficient (Wildman–Crippen LogP) is 4.06. The lowest BCUT2D eigenvalue weighted by molar-refractivity contribution is -0.142. The van der Waals surface area contributed by atoms with E-state index in [1.165, 1.54) is 0 Å². The molecule has 3 aliphatic heterocycles. The number of halogens is 1. The second-order valence-electron chi connectivity index (χ2n) is 12.0. The first kappa shape index (κ1) is 31.5. The summed E-state index contributed by atoms with van der Waals surface area (Å²) in [5.41, 5.74) is 9.37. The molecule has 3 aliphatic rings. The van der Waals surface area contributed by atoms with Crippen LogP contribution in [0.2, 0.25) is 5.02 Å². The minimum absolute atomic E-state index is 0.00267. The van der Waals surface area contributed by atoms with Crippen LogP contribution in [0.15, 0.2) is 36.4 Å². The number of anilines is 2. The van der Waals surface area contributed by atoms with Gasteiger partial charge in [-0.3, -0.25) is 4.79 Å². The van der Waals surface area contributed by atoms with Crippen molar-refractivity contribution in [1.82, 2.24) is 19.6 Å². The standard InChI is InChI=1S/C33H41ClN6O4/c1-4-23-19-22(20-27(34)30(23)35)21-29(31(41)38-14-10-25(11-15-38)37(2)3)44-33(43)39-16-12-26(13-17-39)40-18-9-24-7-5-6-8-28(24)36-32(40)42/h1,5-8,19-20,25-26,29H,9-18,21,35H2,2-3H3,(H,36,42)/t29-/m1/s1. The van der Waals surface area contributed by atoms with E-state index in [-0.39, 0.29) is 24.4 Å². The van der Waals surface area contributed by atoms with Gasteiger partial charge < -0.3 is 35.4 Å². The van der Waals surface area contributed by atoms with E-state index in [1.54, 1.807) is 21.9 Å². The van der Waals surface area contributed by atoms with Gasteiger partial charge in [-0.2, -0.15) is 0 Å². The van der Waals surface area contributed by atoms with Crippen LogP contribution in [-0.4, -0.2) is 103 Å². The summed E-state index contributed by atoms with van der Waals surface area (Å²) in [6.07, 6.45) is 7.86. The predicted molar refractivity (Wildman–Crippen MR) is 172 cm³/mol. The van der Waals surface area contributed by atoms with Crippen LogP contribution < -0.4 is 11.1 Å². The largest absolute Gasteiger partial charge is 0.436 e. The van der Waals surface area contributed by atoms with Crippen molar-refractivity contribution in [3.05, 3.63) is 58.1 Å². The minimum atomic E-state index is -1.05. The Morgan fingerprint density at radius 1 is 1.09 bits per heavy atom. The molecule has 10 nitrogen and oxygen atoms in total. The molecule has 0 spiro atoms. The highest BCUT2D eigenvalue weighted by molar-refractivity contribution is 6.33. The number of urea groups is 1. The van der Waals surface area contributed by atoms with Crippen LogP contribution in [0.25, 0.3) is 0 Å². The zero-order valence-electron chi connectivity index (χ0n) is 25.4. The highest BCUT2D eigenvalue weighted by atomic mass is 35.5. The number of para-hydroxylation sites is 1. The third-order valence-corrected chi connectivity index (χ3v) is 9.41. The molecule has 3 N–H and O–H groups in total. The Bertz CT molecular complexity index is 1430. The van der Waals surface area contributed by atoms with Crippen molar-refractivity contribution in [3.63, 3.8) is 0 Å². The number of amides is 4. The molecule has 0 saturated carbocycles. The summed E-state index contributed by atoms with van der Waals surface area (Å²) in [4.78, 5) is 47.7. The number of terminal acetylenes is 1. The summed E-state index contributed by atoms with van der Waals surface area (Å²) in [5.74, 6) is 2.30. The number of nitrogens with zero attached hydrogens (tertiary/aromatic N) is 4. The van der Waals surface area contributed by atoms with E-state index in [0.29, 0.717) is 73.4 Å². The minimum Gasteiger partial charge on any atom is -0.436 e. The molecule has 11 heteroatoms. The normalized spacial score (nSPS) is 18.7. The molecule has 0 unspecified atom stereocenters. The van der Waals surface area contributed by atoms with Crippen molar-refractivity contribution >= 4 is 41.0 Å². The van der Waals surface area contributed by atoms with Gasteiger partial charge in [0.1, 0.15) is 0 Å². The number of rotatable bonds is 6. The fraction of sp³-hybridized carbons (Fsp3) is 0.485. The lowest BCUT2D eigenvalue weighted by atomic mass is 10.0. The zero-order chi connectivity index (χ0) is 31.4. The van der Waals surface area contributed by atoms with Crippen LogP contribution in [0.1, 0.15) is 42.4 Å². The molecule has 44 heavy (non-hydrogen) atoms. The van der Waals surface area contributed by atoms with Crippen molar-refractivity contribution in [2.24, 2.45) is 0 Å². The topological polar surface area (TPSA) is 111 Å². The fourth-order valence-electron chi connectivity index (χ4n) is 6.41. The molecule has 0 aromatic heterocycles. The molecule has 2 aromatic carbocycles. The molecule has 4 amide bonds. The summed E-state index contributed by atoms with van der Waals surface area (Å²) in [6, 6.07) is 11.5. The summed E-state index contributed by atoms with van der Waals surface area (Å²) < 4.78 is 5.96. The quantitative estimate of drug-likeness (QED) is 0.372. The summed E-state index contributed by atoms with van der Waals surface area (Å²) >= 11 is 6.34. The number of piperidine rings is 2. The average molecular weight is 621 g/mol. The molecular weight excluding hydrogens is 580 g/mol. The van der Waals surface area contributed by atoms with Gasteiger partial charge in [-0.25, -0.2) is 9.59 Å². The number of carbonyl (C=O) groups excluding carboxylic acids is 3. The molecule has 5 rings (SSSR count). The van der Waals surface area contributed by atoms with Gasteiger partial charge in [-0.1, -0.05) is 35.7 Å². The molecule has 234 valence electrons. The second kappa shape index (κ2) is 13.8.